The molecule has 47 heavy (non-hydrogen) atoms. The Morgan fingerprint density at radius 3 is 2.17 bits per heavy atom. The van der Waals surface area contributed by atoms with E-state index in [0.29, 0.717) is 28.1 Å². The van der Waals surface area contributed by atoms with Gasteiger partial charge in [0.05, 0.1) is 18.8 Å². The van der Waals surface area contributed by atoms with Gasteiger partial charge in [0.15, 0.2) is 12.1 Å². The van der Waals surface area contributed by atoms with Crippen LogP contribution in [0.4, 0.5) is 5.69 Å². The number of Topliss-reactive ketones (excluding diaryl/α,β-unsaturated/α-hetero) is 1. The van der Waals surface area contributed by atoms with Crippen molar-refractivity contribution in [2.45, 2.75) is 42.8 Å². The van der Waals surface area contributed by atoms with E-state index in [1.54, 1.807) is 66.4 Å². The van der Waals surface area contributed by atoms with Gasteiger partial charge < -0.3 is 25.0 Å². The molecule has 1 aliphatic heterocycles. The molecule has 4 atom stereocenters. The first-order valence-electron chi connectivity index (χ1n) is 15.4. The standard InChI is InChI=1S/C39H35NO6S/c1-25(42)29-9-6-12-32(22-29)40-38(44)30-10-5-11-31(21-30)39-45-35(24-47-34-19-17-33(43)18-20-34)36(27-7-3-2-4-8-27)37(46-39)28-15-13-26(23-41)14-16-28/h2-22,35-37,39,41,43H,23-24H2,1H3,(H,40,44). The van der Waals surface area contributed by atoms with Gasteiger partial charge in [-0.2, -0.15) is 0 Å². The van der Waals surface area contributed by atoms with Crippen LogP contribution in [0.5, 0.6) is 5.75 Å². The van der Waals surface area contributed by atoms with Crippen molar-refractivity contribution in [2.75, 3.05) is 11.1 Å². The highest BCUT2D eigenvalue weighted by Gasteiger charge is 2.42. The minimum Gasteiger partial charge on any atom is -0.508 e. The third-order valence-corrected chi connectivity index (χ3v) is 9.27. The lowest BCUT2D eigenvalue weighted by atomic mass is 9.84. The summed E-state index contributed by atoms with van der Waals surface area (Å²) in [7, 11) is 0. The van der Waals surface area contributed by atoms with E-state index in [4.69, 9.17) is 9.47 Å². The maximum absolute atomic E-state index is 13.3. The number of phenolic OH excluding ortho intramolecular Hbond substituents is 1. The fourth-order valence-corrected chi connectivity index (χ4v) is 6.69. The molecule has 3 N–H and O–H groups in total. The molecule has 5 aromatic carbocycles. The van der Waals surface area contributed by atoms with Crippen LogP contribution in [-0.4, -0.2) is 33.8 Å². The zero-order valence-corrected chi connectivity index (χ0v) is 26.6. The van der Waals surface area contributed by atoms with Crippen molar-refractivity contribution < 1.29 is 29.3 Å². The van der Waals surface area contributed by atoms with Crippen LogP contribution in [-0.2, 0) is 16.1 Å². The summed E-state index contributed by atoms with van der Waals surface area (Å²) in [5, 5.41) is 22.4. The zero-order chi connectivity index (χ0) is 32.8. The smallest absolute Gasteiger partial charge is 0.255 e. The fourth-order valence-electron chi connectivity index (χ4n) is 5.72. The maximum atomic E-state index is 13.3. The van der Waals surface area contributed by atoms with Gasteiger partial charge in [-0.3, -0.25) is 9.59 Å². The van der Waals surface area contributed by atoms with Gasteiger partial charge >= 0.3 is 0 Å². The number of hydrogen-bond acceptors (Lipinski definition) is 7. The molecule has 5 aromatic rings. The van der Waals surface area contributed by atoms with Crippen LogP contribution in [0, 0.1) is 0 Å². The predicted molar refractivity (Wildman–Crippen MR) is 183 cm³/mol. The number of benzene rings is 5. The van der Waals surface area contributed by atoms with E-state index in [-0.39, 0.29) is 36.1 Å². The molecule has 1 aliphatic rings. The molecule has 1 amide bonds. The molecule has 0 aliphatic carbocycles. The lowest BCUT2D eigenvalue weighted by Gasteiger charge is -2.43. The number of phenols is 1. The minimum absolute atomic E-state index is 0.0561. The Bertz CT molecular complexity index is 1830. The Balaban J connectivity index is 1.33. The lowest BCUT2D eigenvalue weighted by molar-refractivity contribution is -0.255. The highest BCUT2D eigenvalue weighted by Crippen LogP contribution is 2.48. The van der Waals surface area contributed by atoms with Gasteiger partial charge in [0.25, 0.3) is 5.91 Å². The van der Waals surface area contributed by atoms with Crippen LogP contribution in [0.25, 0.3) is 0 Å². The second-order valence-electron chi connectivity index (χ2n) is 11.4. The van der Waals surface area contributed by atoms with E-state index in [1.807, 2.05) is 60.7 Å². The van der Waals surface area contributed by atoms with Crippen molar-refractivity contribution in [1.82, 2.24) is 0 Å². The number of aliphatic hydroxyl groups is 1. The van der Waals surface area contributed by atoms with Gasteiger partial charge in [0.2, 0.25) is 0 Å². The Labute approximate surface area is 278 Å². The average molecular weight is 646 g/mol. The van der Waals surface area contributed by atoms with Gasteiger partial charge in [0, 0.05) is 38.9 Å². The molecule has 0 aromatic heterocycles. The average Bonchev–Trinajstić information content (AvgIpc) is 3.11. The molecule has 8 heteroatoms. The first-order valence-corrected chi connectivity index (χ1v) is 16.4. The summed E-state index contributed by atoms with van der Waals surface area (Å²) in [5.41, 5.74) is 4.98. The highest BCUT2D eigenvalue weighted by molar-refractivity contribution is 7.99. The maximum Gasteiger partial charge on any atom is 0.255 e. The fraction of sp³-hybridized carbons (Fsp3) is 0.179. The molecule has 0 bridgehead atoms. The third kappa shape index (κ3) is 7.81. The normalized spacial score (nSPS) is 19.2. The molecule has 4 unspecified atom stereocenters. The molecule has 7 nitrogen and oxygen atoms in total. The summed E-state index contributed by atoms with van der Waals surface area (Å²) < 4.78 is 13.6. The highest BCUT2D eigenvalue weighted by atomic mass is 32.2. The quantitative estimate of drug-likeness (QED) is 0.104. The zero-order valence-electron chi connectivity index (χ0n) is 25.8. The summed E-state index contributed by atoms with van der Waals surface area (Å²) in [4.78, 5) is 26.2. The van der Waals surface area contributed by atoms with E-state index in [9.17, 15) is 19.8 Å². The molecule has 0 saturated carbocycles. The number of ether oxygens (including phenoxy) is 2. The van der Waals surface area contributed by atoms with E-state index in [2.05, 4.69) is 17.4 Å². The van der Waals surface area contributed by atoms with Gasteiger partial charge in [0.1, 0.15) is 5.75 Å². The molecule has 0 radical (unpaired) electrons. The summed E-state index contributed by atoms with van der Waals surface area (Å²) in [5.74, 6) is 0.239. The number of carbonyl (C=O) groups excluding carboxylic acids is 2. The van der Waals surface area contributed by atoms with Crippen molar-refractivity contribution in [2.24, 2.45) is 0 Å². The van der Waals surface area contributed by atoms with Crippen molar-refractivity contribution in [3.05, 3.63) is 161 Å². The van der Waals surface area contributed by atoms with Crippen molar-refractivity contribution in [3.63, 3.8) is 0 Å². The van der Waals surface area contributed by atoms with Gasteiger partial charge in [-0.05, 0) is 72.1 Å². The monoisotopic (exact) mass is 645 g/mol. The van der Waals surface area contributed by atoms with Crippen molar-refractivity contribution in [1.29, 1.82) is 0 Å². The number of thioether (sulfide) groups is 1. The van der Waals surface area contributed by atoms with E-state index in [0.717, 1.165) is 21.6 Å². The summed E-state index contributed by atoms with van der Waals surface area (Å²) >= 11 is 1.63. The molecule has 6 rings (SSSR count). The van der Waals surface area contributed by atoms with E-state index >= 15 is 0 Å². The Morgan fingerprint density at radius 2 is 1.45 bits per heavy atom. The molecule has 238 valence electrons. The predicted octanol–water partition coefficient (Wildman–Crippen LogP) is 8.07. The number of carbonyl (C=O) groups is 2. The second kappa shape index (κ2) is 14.8. The number of amides is 1. The largest absolute Gasteiger partial charge is 0.508 e. The molecular weight excluding hydrogens is 610 g/mol. The van der Waals surface area contributed by atoms with E-state index in [1.165, 1.54) is 6.92 Å². The summed E-state index contributed by atoms with van der Waals surface area (Å²) in [6.45, 7) is 1.43. The Kier molecular flexibility index (Phi) is 10.1. The number of aliphatic hydroxyl groups excluding tert-OH is 1. The van der Waals surface area contributed by atoms with E-state index < -0.39 is 12.4 Å². The summed E-state index contributed by atoms with van der Waals surface area (Å²) in [6, 6.07) is 39.1. The number of hydrogen-bond donors (Lipinski definition) is 3. The number of rotatable bonds is 10. The van der Waals surface area contributed by atoms with Crippen molar-refractivity contribution in [3.8, 4) is 5.75 Å². The molecule has 1 heterocycles. The van der Waals surface area contributed by atoms with Gasteiger partial charge in [-0.1, -0.05) is 78.9 Å². The van der Waals surface area contributed by atoms with Crippen LogP contribution in [0.3, 0.4) is 0 Å². The second-order valence-corrected chi connectivity index (χ2v) is 12.5. The molecule has 1 fully saturated rings. The lowest BCUT2D eigenvalue weighted by Crippen LogP contribution is -2.38. The first-order chi connectivity index (χ1) is 22.9. The van der Waals surface area contributed by atoms with Gasteiger partial charge in [-0.15, -0.1) is 11.8 Å². The number of aromatic hydroxyl groups is 1. The Hall–Kier alpha value is -4.73. The van der Waals surface area contributed by atoms with Crippen LogP contribution in [0.2, 0.25) is 0 Å². The number of anilines is 1. The molecule has 0 spiro atoms. The number of nitrogens with one attached hydrogen (secondary N) is 1. The topological polar surface area (TPSA) is 105 Å². The van der Waals surface area contributed by atoms with Crippen LogP contribution >= 0.6 is 11.8 Å². The van der Waals surface area contributed by atoms with Crippen LogP contribution in [0.1, 0.15) is 68.2 Å². The molecular formula is C39H35NO6S. The van der Waals surface area contributed by atoms with Crippen molar-refractivity contribution >= 4 is 29.1 Å². The first kappa shape index (κ1) is 32.2. The SMILES string of the molecule is CC(=O)c1cccc(NC(=O)c2cccc(C3OC(CSc4ccc(O)cc4)C(c4ccccc4)C(c4ccc(CO)cc4)O3)c2)c1. The third-order valence-electron chi connectivity index (χ3n) is 8.17. The van der Waals surface area contributed by atoms with Crippen LogP contribution < -0.4 is 5.32 Å². The van der Waals surface area contributed by atoms with Crippen LogP contribution in [0.15, 0.2) is 132 Å². The molecule has 1 saturated heterocycles. The van der Waals surface area contributed by atoms with Gasteiger partial charge in [-0.25, -0.2) is 0 Å². The Morgan fingerprint density at radius 1 is 0.745 bits per heavy atom. The number of ketones is 1. The summed E-state index contributed by atoms with van der Waals surface area (Å²) in [6.07, 6.45) is -1.48. The minimum atomic E-state index is -0.781.